The number of nitrogens with two attached hydrogens (primary N) is 1. The Labute approximate surface area is 182 Å². The van der Waals surface area contributed by atoms with E-state index in [0.29, 0.717) is 23.0 Å². The van der Waals surface area contributed by atoms with E-state index in [2.05, 4.69) is 15.0 Å². The molecular weight excluding hydrogens is 396 g/mol. The molecule has 2 N–H and O–H groups in total. The largest absolute Gasteiger partial charge is 0.474 e. The van der Waals surface area contributed by atoms with E-state index in [9.17, 15) is 9.59 Å². The predicted molar refractivity (Wildman–Crippen MR) is 115 cm³/mol. The molecule has 3 rings (SSSR count). The van der Waals surface area contributed by atoms with Crippen molar-refractivity contribution >= 4 is 11.9 Å². The summed E-state index contributed by atoms with van der Waals surface area (Å²) < 4.78 is 11.5. The number of hydrogen-bond donors (Lipinski definition) is 1. The van der Waals surface area contributed by atoms with E-state index in [4.69, 9.17) is 15.2 Å². The number of ether oxygens (including phenoxy) is 2. The van der Waals surface area contributed by atoms with Crippen LogP contribution in [0.4, 0.5) is 0 Å². The summed E-state index contributed by atoms with van der Waals surface area (Å²) >= 11 is 0. The van der Waals surface area contributed by atoms with Gasteiger partial charge < -0.3 is 15.2 Å². The van der Waals surface area contributed by atoms with Gasteiger partial charge in [-0.15, -0.1) is 0 Å². The minimum Gasteiger partial charge on any atom is -0.474 e. The van der Waals surface area contributed by atoms with E-state index in [0.717, 1.165) is 31.2 Å². The second kappa shape index (κ2) is 8.99. The van der Waals surface area contributed by atoms with Gasteiger partial charge in [0.1, 0.15) is 17.4 Å². The Bertz CT molecular complexity index is 959. The maximum absolute atomic E-state index is 12.3. The molecule has 0 spiro atoms. The number of rotatable bonds is 5. The molecule has 1 aliphatic rings. The summed E-state index contributed by atoms with van der Waals surface area (Å²) in [5, 5.41) is 0. The maximum atomic E-state index is 12.3. The Kier molecular flexibility index (Phi) is 6.57. The molecule has 1 aliphatic carbocycles. The minimum atomic E-state index is -0.610. The number of aromatic nitrogens is 3. The number of amides is 1. The van der Waals surface area contributed by atoms with Crippen LogP contribution in [-0.4, -0.2) is 38.5 Å². The molecule has 0 radical (unpaired) electrons. The third-order valence-corrected chi connectivity index (χ3v) is 5.19. The third kappa shape index (κ3) is 5.77. The van der Waals surface area contributed by atoms with Crippen LogP contribution >= 0.6 is 0 Å². The van der Waals surface area contributed by atoms with E-state index in [1.807, 2.05) is 33.8 Å². The van der Waals surface area contributed by atoms with Gasteiger partial charge in [-0.3, -0.25) is 14.6 Å². The Balaban J connectivity index is 1.62. The summed E-state index contributed by atoms with van der Waals surface area (Å²) in [7, 11) is 0. The molecule has 2 heterocycles. The molecule has 1 saturated carbocycles. The highest BCUT2D eigenvalue weighted by Gasteiger charge is 2.30. The van der Waals surface area contributed by atoms with Crippen LogP contribution < -0.4 is 10.5 Å². The molecule has 0 bridgehead atoms. The number of hydrogen-bond acceptors (Lipinski definition) is 7. The molecule has 0 aromatic carbocycles. The van der Waals surface area contributed by atoms with Crippen LogP contribution in [0.5, 0.6) is 5.88 Å². The molecule has 166 valence electrons. The van der Waals surface area contributed by atoms with E-state index in [1.54, 1.807) is 19.2 Å². The van der Waals surface area contributed by atoms with Gasteiger partial charge in [0.15, 0.2) is 0 Å². The molecule has 8 nitrogen and oxygen atoms in total. The van der Waals surface area contributed by atoms with Crippen molar-refractivity contribution in [1.82, 2.24) is 15.0 Å². The number of pyridine rings is 1. The molecule has 1 amide bonds. The quantitative estimate of drug-likeness (QED) is 0.727. The Hall–Kier alpha value is -3.03. The highest BCUT2D eigenvalue weighted by atomic mass is 16.6. The fraction of sp³-hybridized carbons (Fsp3) is 0.522. The van der Waals surface area contributed by atoms with Gasteiger partial charge in [-0.25, -0.2) is 9.97 Å². The van der Waals surface area contributed by atoms with Crippen molar-refractivity contribution in [3.8, 4) is 17.1 Å². The monoisotopic (exact) mass is 426 g/mol. The minimum absolute atomic E-state index is 0.0133. The highest BCUT2D eigenvalue weighted by Crippen LogP contribution is 2.30. The topological polar surface area (TPSA) is 117 Å². The summed E-state index contributed by atoms with van der Waals surface area (Å²) in [6.07, 6.45) is 4.70. The molecular formula is C23H30N4O4. The van der Waals surface area contributed by atoms with Crippen molar-refractivity contribution in [2.24, 2.45) is 11.7 Å². The predicted octanol–water partition coefficient (Wildman–Crippen LogP) is 3.53. The molecule has 2 aromatic rings. The lowest BCUT2D eigenvalue weighted by atomic mass is 9.87. The van der Waals surface area contributed by atoms with E-state index >= 15 is 0 Å². The summed E-state index contributed by atoms with van der Waals surface area (Å²) in [4.78, 5) is 37.0. The summed E-state index contributed by atoms with van der Waals surface area (Å²) in [6, 6.07) is 3.62. The van der Waals surface area contributed by atoms with Crippen molar-refractivity contribution in [2.75, 3.05) is 0 Å². The Morgan fingerprint density at radius 3 is 2.26 bits per heavy atom. The summed E-state index contributed by atoms with van der Waals surface area (Å²) in [5.41, 5.74) is 7.58. The van der Waals surface area contributed by atoms with Gasteiger partial charge in [-0.1, -0.05) is 0 Å². The second-order valence-corrected chi connectivity index (χ2v) is 8.97. The molecule has 8 heteroatoms. The molecule has 0 atom stereocenters. The van der Waals surface area contributed by atoms with E-state index in [-0.39, 0.29) is 23.7 Å². The van der Waals surface area contributed by atoms with Crippen LogP contribution in [0.1, 0.15) is 68.3 Å². The van der Waals surface area contributed by atoms with Gasteiger partial charge in [0, 0.05) is 17.8 Å². The fourth-order valence-corrected chi connectivity index (χ4v) is 3.70. The zero-order valence-electron chi connectivity index (χ0n) is 18.8. The third-order valence-electron chi connectivity index (χ3n) is 5.19. The standard InChI is InChI=1S/C23H30N4O4/c1-13-19(27-20(21(24)28)14(2)26-13)16-8-11-18(25-12-16)30-17-9-6-15(7-10-17)22(29)31-23(3,4)5/h8,11-12,15,17H,6-7,9-10H2,1-5H3,(H2,24,28). The molecule has 2 aromatic heterocycles. The fourth-order valence-electron chi connectivity index (χ4n) is 3.70. The van der Waals surface area contributed by atoms with E-state index < -0.39 is 11.5 Å². The van der Waals surface area contributed by atoms with Crippen molar-refractivity contribution in [3.63, 3.8) is 0 Å². The van der Waals surface area contributed by atoms with Gasteiger partial charge >= 0.3 is 5.97 Å². The van der Waals surface area contributed by atoms with Gasteiger partial charge in [0.25, 0.3) is 5.91 Å². The van der Waals surface area contributed by atoms with Gasteiger partial charge in [-0.2, -0.15) is 0 Å². The molecule has 0 aliphatic heterocycles. The van der Waals surface area contributed by atoms with Crippen molar-refractivity contribution in [1.29, 1.82) is 0 Å². The first-order chi connectivity index (χ1) is 14.5. The van der Waals surface area contributed by atoms with Gasteiger partial charge in [0.05, 0.1) is 23.0 Å². The van der Waals surface area contributed by atoms with Crippen LogP contribution in [0, 0.1) is 19.8 Å². The SMILES string of the molecule is Cc1nc(C)c(-c2ccc(OC3CCC(C(=O)OC(C)(C)C)CC3)nc2)nc1C(N)=O. The van der Waals surface area contributed by atoms with E-state index in [1.165, 1.54) is 0 Å². The molecule has 0 saturated heterocycles. The Morgan fingerprint density at radius 1 is 1.03 bits per heavy atom. The smallest absolute Gasteiger partial charge is 0.309 e. The van der Waals surface area contributed by atoms with Crippen molar-refractivity contribution in [3.05, 3.63) is 35.4 Å². The zero-order chi connectivity index (χ0) is 22.8. The average Bonchev–Trinajstić information content (AvgIpc) is 2.68. The van der Waals surface area contributed by atoms with Gasteiger partial charge in [0.2, 0.25) is 5.88 Å². The molecule has 31 heavy (non-hydrogen) atoms. The zero-order valence-corrected chi connectivity index (χ0v) is 18.8. The average molecular weight is 427 g/mol. The number of esters is 1. The molecule has 0 unspecified atom stereocenters. The highest BCUT2D eigenvalue weighted by molar-refractivity contribution is 5.92. The first kappa shape index (κ1) is 22.7. The van der Waals surface area contributed by atoms with Crippen LogP contribution in [-0.2, 0) is 9.53 Å². The summed E-state index contributed by atoms with van der Waals surface area (Å²) in [5.74, 6) is -0.297. The Morgan fingerprint density at radius 2 is 1.71 bits per heavy atom. The normalized spacial score (nSPS) is 19.0. The number of aryl methyl sites for hydroxylation is 2. The lowest BCUT2D eigenvalue weighted by Crippen LogP contribution is -2.33. The van der Waals surface area contributed by atoms with Crippen molar-refractivity contribution < 1.29 is 19.1 Å². The summed E-state index contributed by atoms with van der Waals surface area (Å²) in [6.45, 7) is 9.18. The second-order valence-electron chi connectivity index (χ2n) is 8.97. The number of primary amides is 1. The van der Waals surface area contributed by atoms with Crippen molar-refractivity contribution in [2.45, 2.75) is 72.0 Å². The van der Waals surface area contributed by atoms with Crippen LogP contribution in [0.3, 0.4) is 0 Å². The lowest BCUT2D eigenvalue weighted by molar-refractivity contribution is -0.161. The van der Waals surface area contributed by atoms with Crippen LogP contribution in [0.25, 0.3) is 11.3 Å². The van der Waals surface area contributed by atoms with Crippen LogP contribution in [0.15, 0.2) is 18.3 Å². The van der Waals surface area contributed by atoms with Crippen LogP contribution in [0.2, 0.25) is 0 Å². The van der Waals surface area contributed by atoms with Gasteiger partial charge in [-0.05, 0) is 66.4 Å². The lowest BCUT2D eigenvalue weighted by Gasteiger charge is -2.29. The first-order valence-corrected chi connectivity index (χ1v) is 10.5. The first-order valence-electron chi connectivity index (χ1n) is 10.5. The number of carbonyl (C=O) groups excluding carboxylic acids is 2. The maximum Gasteiger partial charge on any atom is 0.309 e. The number of nitrogens with zero attached hydrogens (tertiary/aromatic N) is 3. The molecule has 1 fully saturated rings. The number of carbonyl (C=O) groups is 2.